The Hall–Kier alpha value is -3.98. The number of ether oxygens (including phenoxy) is 3. The number of fused-ring (bicyclic) bond motifs is 3. The van der Waals surface area contributed by atoms with E-state index >= 15 is 0 Å². The molecule has 156 valence electrons. The first-order chi connectivity index (χ1) is 15.2. The van der Waals surface area contributed by atoms with Gasteiger partial charge in [0.25, 0.3) is 0 Å². The molecule has 0 unspecified atom stereocenters. The average molecular weight is 414 g/mol. The lowest BCUT2D eigenvalue weighted by Crippen LogP contribution is -2.26. The highest BCUT2D eigenvalue weighted by Crippen LogP contribution is 2.44. The number of carbonyl (C=O) groups is 1. The van der Waals surface area contributed by atoms with Crippen LogP contribution in [-0.4, -0.2) is 38.4 Å². The zero-order valence-electron chi connectivity index (χ0n) is 17.3. The largest absolute Gasteiger partial charge is 0.481 e. The van der Waals surface area contributed by atoms with Crippen LogP contribution in [0.25, 0.3) is 11.1 Å². The fraction of sp³-hybridized carbons (Fsp3) is 0.200. The number of methoxy groups -OCH3 is 2. The molecule has 6 heteroatoms. The van der Waals surface area contributed by atoms with Crippen LogP contribution < -0.4 is 14.8 Å². The summed E-state index contributed by atoms with van der Waals surface area (Å²) in [7, 11) is 3.05. The molecule has 1 aliphatic carbocycles. The van der Waals surface area contributed by atoms with E-state index in [0.717, 1.165) is 0 Å². The van der Waals surface area contributed by atoms with Gasteiger partial charge < -0.3 is 19.5 Å². The number of pyridine rings is 1. The molecule has 0 aliphatic heterocycles. The maximum Gasteiger partial charge on any atom is 0.407 e. The van der Waals surface area contributed by atoms with Gasteiger partial charge in [0.1, 0.15) is 6.61 Å². The molecule has 0 saturated carbocycles. The first-order valence-corrected chi connectivity index (χ1v) is 9.88. The number of benzene rings is 2. The quantitative estimate of drug-likeness (QED) is 0.640. The van der Waals surface area contributed by atoms with Crippen molar-refractivity contribution in [1.82, 2.24) is 10.3 Å². The molecular formula is C25H22N2O4. The second-order valence-electron chi connectivity index (χ2n) is 6.89. The highest BCUT2D eigenvalue weighted by molar-refractivity contribution is 5.79. The third-order valence-corrected chi connectivity index (χ3v) is 5.13. The number of nitrogens with one attached hydrogen (secondary N) is 1. The van der Waals surface area contributed by atoms with Crippen LogP contribution in [0.1, 0.15) is 22.6 Å². The van der Waals surface area contributed by atoms with E-state index in [9.17, 15) is 4.79 Å². The van der Waals surface area contributed by atoms with E-state index in [1.54, 1.807) is 12.1 Å². The number of aromatic nitrogens is 1. The molecule has 0 bridgehead atoms. The van der Waals surface area contributed by atoms with Gasteiger partial charge in [0.15, 0.2) is 0 Å². The summed E-state index contributed by atoms with van der Waals surface area (Å²) in [4.78, 5) is 16.4. The van der Waals surface area contributed by atoms with E-state index in [2.05, 4.69) is 46.4 Å². The lowest BCUT2D eigenvalue weighted by atomic mass is 9.98. The Morgan fingerprint density at radius 1 is 0.968 bits per heavy atom. The highest BCUT2D eigenvalue weighted by Gasteiger charge is 2.28. The Morgan fingerprint density at radius 3 is 2.29 bits per heavy atom. The lowest BCUT2D eigenvalue weighted by Gasteiger charge is -2.14. The van der Waals surface area contributed by atoms with Crippen molar-refractivity contribution >= 4 is 6.09 Å². The summed E-state index contributed by atoms with van der Waals surface area (Å²) >= 11 is 0. The monoisotopic (exact) mass is 414 g/mol. The Bertz CT molecular complexity index is 1120. The van der Waals surface area contributed by atoms with Crippen LogP contribution in [-0.2, 0) is 4.74 Å². The van der Waals surface area contributed by atoms with Crippen LogP contribution in [0, 0.1) is 11.8 Å². The first-order valence-electron chi connectivity index (χ1n) is 9.88. The van der Waals surface area contributed by atoms with E-state index in [4.69, 9.17) is 14.2 Å². The second-order valence-corrected chi connectivity index (χ2v) is 6.89. The van der Waals surface area contributed by atoms with Crippen molar-refractivity contribution in [2.24, 2.45) is 0 Å². The molecule has 1 aliphatic rings. The van der Waals surface area contributed by atoms with Crippen molar-refractivity contribution in [3.8, 4) is 34.7 Å². The van der Waals surface area contributed by atoms with Crippen LogP contribution in [0.15, 0.2) is 60.7 Å². The number of alkyl carbamates (subject to hydrolysis) is 1. The minimum absolute atomic E-state index is 0.0267. The molecule has 6 nitrogen and oxygen atoms in total. The maximum absolute atomic E-state index is 12.2. The summed E-state index contributed by atoms with van der Waals surface area (Å²) in [5.74, 6) is 6.65. The molecule has 1 N–H and O–H groups in total. The topological polar surface area (TPSA) is 69.7 Å². The molecule has 3 aromatic rings. The molecule has 0 saturated heterocycles. The van der Waals surface area contributed by atoms with E-state index in [1.165, 1.54) is 36.5 Å². The second kappa shape index (κ2) is 9.23. The molecule has 0 radical (unpaired) electrons. The molecule has 1 heterocycles. The smallest absolute Gasteiger partial charge is 0.407 e. The van der Waals surface area contributed by atoms with Gasteiger partial charge in [0.05, 0.1) is 26.3 Å². The molecular weight excluding hydrogens is 392 g/mol. The van der Waals surface area contributed by atoms with Gasteiger partial charge in [0.2, 0.25) is 11.8 Å². The van der Waals surface area contributed by atoms with Gasteiger partial charge >= 0.3 is 6.09 Å². The molecule has 1 amide bonds. The van der Waals surface area contributed by atoms with Gasteiger partial charge in [0, 0.05) is 12.0 Å². The predicted octanol–water partition coefficient (Wildman–Crippen LogP) is 3.99. The van der Waals surface area contributed by atoms with E-state index in [0.29, 0.717) is 17.3 Å². The Morgan fingerprint density at radius 2 is 1.65 bits per heavy atom. The number of rotatable bonds is 5. The van der Waals surface area contributed by atoms with Crippen molar-refractivity contribution in [2.75, 3.05) is 27.4 Å². The summed E-state index contributed by atoms with van der Waals surface area (Å²) in [6.45, 7) is 0.412. The number of hydrogen-bond acceptors (Lipinski definition) is 5. The van der Waals surface area contributed by atoms with Gasteiger partial charge in [-0.05, 0) is 28.3 Å². The standard InChI is InChI=1S/C25H22N2O4/c1-29-23-14-13-17(24(27-23)30-2)8-7-15-26-25(28)31-16-22-20-11-5-3-9-18(20)19-10-4-6-12-21(19)22/h3-6,9-14,22H,15-16H2,1-2H3,(H,26,28). The van der Waals surface area contributed by atoms with Gasteiger partial charge in [-0.3, -0.25) is 0 Å². The SMILES string of the molecule is COc1ccc(C#CCNC(=O)OCC2c3ccccc3-c3ccccc32)c(OC)n1. The fourth-order valence-electron chi connectivity index (χ4n) is 3.69. The van der Waals surface area contributed by atoms with Crippen LogP contribution in [0.5, 0.6) is 11.8 Å². The first kappa shape index (κ1) is 20.3. The molecule has 1 aromatic heterocycles. The number of hydrogen-bond donors (Lipinski definition) is 1. The van der Waals surface area contributed by atoms with Crippen LogP contribution in [0.2, 0.25) is 0 Å². The zero-order valence-corrected chi connectivity index (χ0v) is 17.3. The van der Waals surface area contributed by atoms with Crippen LogP contribution in [0.4, 0.5) is 4.79 Å². The van der Waals surface area contributed by atoms with Crippen molar-refractivity contribution in [3.05, 3.63) is 77.4 Å². The third-order valence-electron chi connectivity index (χ3n) is 5.13. The minimum Gasteiger partial charge on any atom is -0.481 e. The zero-order chi connectivity index (χ0) is 21.6. The molecule has 0 atom stereocenters. The number of carbonyl (C=O) groups excluding carboxylic acids is 1. The van der Waals surface area contributed by atoms with E-state index in [-0.39, 0.29) is 19.1 Å². The summed E-state index contributed by atoms with van der Waals surface area (Å²) in [6, 6.07) is 19.9. The molecule has 31 heavy (non-hydrogen) atoms. The molecule has 0 fully saturated rings. The summed E-state index contributed by atoms with van der Waals surface area (Å²) in [5.41, 5.74) is 5.35. The normalized spacial score (nSPS) is 11.5. The Balaban J connectivity index is 1.35. The Labute approximate surface area is 181 Å². The van der Waals surface area contributed by atoms with Crippen LogP contribution in [0.3, 0.4) is 0 Å². The fourth-order valence-corrected chi connectivity index (χ4v) is 3.69. The third kappa shape index (κ3) is 4.31. The van der Waals surface area contributed by atoms with Gasteiger partial charge in [-0.1, -0.05) is 60.4 Å². The molecule has 0 spiro atoms. The Kier molecular flexibility index (Phi) is 6.04. The lowest BCUT2D eigenvalue weighted by molar-refractivity contribution is 0.144. The maximum atomic E-state index is 12.2. The number of amides is 1. The van der Waals surface area contributed by atoms with E-state index < -0.39 is 6.09 Å². The predicted molar refractivity (Wildman–Crippen MR) is 117 cm³/mol. The summed E-state index contributed by atoms with van der Waals surface area (Å²) in [6.07, 6.45) is -0.504. The van der Waals surface area contributed by atoms with Gasteiger partial charge in [-0.2, -0.15) is 4.98 Å². The van der Waals surface area contributed by atoms with Crippen molar-refractivity contribution < 1.29 is 19.0 Å². The number of nitrogens with zero attached hydrogens (tertiary/aromatic N) is 1. The van der Waals surface area contributed by atoms with Crippen molar-refractivity contribution in [2.45, 2.75) is 5.92 Å². The van der Waals surface area contributed by atoms with Crippen LogP contribution >= 0.6 is 0 Å². The summed E-state index contributed by atoms with van der Waals surface area (Å²) < 4.78 is 15.8. The molecule has 2 aromatic carbocycles. The average Bonchev–Trinajstić information content (AvgIpc) is 3.14. The van der Waals surface area contributed by atoms with E-state index in [1.807, 2.05) is 24.3 Å². The molecule has 4 rings (SSSR count). The van der Waals surface area contributed by atoms with Crippen molar-refractivity contribution in [3.63, 3.8) is 0 Å². The van der Waals surface area contributed by atoms with Gasteiger partial charge in [-0.15, -0.1) is 0 Å². The van der Waals surface area contributed by atoms with Gasteiger partial charge in [-0.25, -0.2) is 4.79 Å². The minimum atomic E-state index is -0.504. The van der Waals surface area contributed by atoms with Crippen molar-refractivity contribution in [1.29, 1.82) is 0 Å². The summed E-state index contributed by atoms with van der Waals surface area (Å²) in [5, 5.41) is 2.66. The highest BCUT2D eigenvalue weighted by atomic mass is 16.5.